The molecule has 54 heavy (non-hydrogen) atoms. The summed E-state index contributed by atoms with van der Waals surface area (Å²) in [5.41, 5.74) is 9.24. The molecule has 1 aromatic heterocycles. The zero-order valence-electron chi connectivity index (χ0n) is 31.8. The van der Waals surface area contributed by atoms with Crippen LogP contribution in [0.15, 0.2) is 58.2 Å². The van der Waals surface area contributed by atoms with Crippen LogP contribution in [0.3, 0.4) is 0 Å². The van der Waals surface area contributed by atoms with Crippen LogP contribution in [0.1, 0.15) is 93.9 Å². The van der Waals surface area contributed by atoms with Gasteiger partial charge in [0.2, 0.25) is 11.7 Å². The Balaban J connectivity index is 0.000000264. The maximum Gasteiger partial charge on any atom is 0.306 e. The van der Waals surface area contributed by atoms with Gasteiger partial charge in [-0.3, -0.25) is 14.4 Å². The van der Waals surface area contributed by atoms with Gasteiger partial charge in [0.1, 0.15) is 0 Å². The van der Waals surface area contributed by atoms with Crippen LogP contribution in [0, 0.1) is 18.8 Å². The second-order valence-corrected chi connectivity index (χ2v) is 13.9. The number of aliphatic hydroxyl groups excluding tert-OH is 1. The molecule has 3 aromatic rings. The Morgan fingerprint density at radius 2 is 1.59 bits per heavy atom. The molecule has 2 aliphatic heterocycles. The Morgan fingerprint density at radius 3 is 2.15 bits per heavy atom. The lowest BCUT2D eigenvalue weighted by Crippen LogP contribution is -2.38. The van der Waals surface area contributed by atoms with Crippen molar-refractivity contribution >= 4 is 23.7 Å². The fraction of sp³-hybridized carbons (Fsp3) is 0.538. The van der Waals surface area contributed by atoms with Crippen LogP contribution >= 0.6 is 0 Å². The number of carboxylic acids is 2. The minimum Gasteiger partial charge on any atom is -0.481 e. The fourth-order valence-electron chi connectivity index (χ4n) is 6.85. The summed E-state index contributed by atoms with van der Waals surface area (Å²) < 4.78 is 10.1. The monoisotopic (exact) mass is 752 g/mol. The molecule has 3 heterocycles. The van der Waals surface area contributed by atoms with Crippen molar-refractivity contribution in [2.24, 2.45) is 22.7 Å². The van der Waals surface area contributed by atoms with Gasteiger partial charge >= 0.3 is 11.9 Å². The number of rotatable bonds is 13. The Morgan fingerprint density at radius 1 is 0.981 bits per heavy atom. The summed E-state index contributed by atoms with van der Waals surface area (Å²) in [5, 5.41) is 42.6. The van der Waals surface area contributed by atoms with Crippen molar-refractivity contribution in [1.82, 2.24) is 19.9 Å². The summed E-state index contributed by atoms with van der Waals surface area (Å²) in [6.45, 7) is 12.3. The zero-order chi connectivity index (χ0) is 39.6. The van der Waals surface area contributed by atoms with Crippen LogP contribution in [0.4, 0.5) is 0 Å². The number of hydrogen-bond donors (Lipinski definition) is 5. The molecule has 1 unspecified atom stereocenters. The number of carbonyl (C=O) groups is 3. The number of hydrogen-bond acceptors (Lipinski definition) is 12. The smallest absolute Gasteiger partial charge is 0.306 e. The zero-order valence-corrected chi connectivity index (χ0v) is 31.8. The van der Waals surface area contributed by atoms with E-state index in [1.807, 2.05) is 49.4 Å². The Kier molecular flexibility index (Phi) is 18.0. The molecule has 2 aromatic carbocycles. The summed E-state index contributed by atoms with van der Waals surface area (Å²) in [6.07, 6.45) is 4.22. The lowest BCUT2D eigenvalue weighted by Gasteiger charge is -2.34. The van der Waals surface area contributed by atoms with Crippen LogP contribution in [0.2, 0.25) is 0 Å². The molecule has 15 nitrogen and oxygen atoms in total. The van der Waals surface area contributed by atoms with E-state index in [-0.39, 0.29) is 24.1 Å². The van der Waals surface area contributed by atoms with Crippen molar-refractivity contribution in [3.05, 3.63) is 71.1 Å². The molecule has 0 aliphatic carbocycles. The summed E-state index contributed by atoms with van der Waals surface area (Å²) in [6, 6.07) is 15.3. The van der Waals surface area contributed by atoms with E-state index in [2.05, 4.69) is 38.1 Å². The number of aromatic nitrogens is 2. The molecule has 5 rings (SSSR count). The van der Waals surface area contributed by atoms with Crippen molar-refractivity contribution in [2.75, 3.05) is 45.9 Å². The molecule has 2 fully saturated rings. The predicted molar refractivity (Wildman–Crippen MR) is 202 cm³/mol. The quantitative estimate of drug-likeness (QED) is 0.0515. The van der Waals surface area contributed by atoms with Gasteiger partial charge in [-0.05, 0) is 80.6 Å². The first-order chi connectivity index (χ1) is 25.8. The third-order valence-corrected chi connectivity index (χ3v) is 9.33. The van der Waals surface area contributed by atoms with Crippen LogP contribution in [-0.4, -0.2) is 110 Å². The van der Waals surface area contributed by atoms with Gasteiger partial charge in [-0.2, -0.15) is 4.98 Å². The summed E-state index contributed by atoms with van der Waals surface area (Å²) in [7, 11) is 0. The number of nitrogens with zero attached hydrogens (tertiary/aromatic N) is 5. The standard InChI is InChI=1S/C19H29N3O3.C18H23N3O4.C2H4O2/c1-3-25-18(23)10-15-6-5-9-22(13-15)12-14(2)16-7-4-8-17(11-16)19(20)21-24;1-12-19-18(20-25-12)15-6-4-14(5-7-15)16(22)11-21-8-2-3-13(10-21)9-17(23)24;1-2(3)4/h4,7-8,11,14-15,24H,3,5-6,9-10,12-13H2,1-2H3,(H2,20,21);4-7,13,16,22H,2-3,8-11H2,1H3,(H,23,24);1H3,(H,3,4)/t14?,15-;13-,16-;/m11./s1. The Hall–Kier alpha value is -4.86. The molecule has 0 radical (unpaired) electrons. The minimum absolute atomic E-state index is 0.0890. The Labute approximate surface area is 316 Å². The molecule has 0 amide bonds. The van der Waals surface area contributed by atoms with Gasteiger partial charge in [-0.1, -0.05) is 59.7 Å². The van der Waals surface area contributed by atoms with E-state index in [4.69, 9.17) is 35.2 Å². The number of aliphatic hydroxyl groups is 1. The summed E-state index contributed by atoms with van der Waals surface area (Å²) >= 11 is 0. The van der Waals surface area contributed by atoms with Crippen LogP contribution in [0.5, 0.6) is 0 Å². The molecule has 0 bridgehead atoms. The SMILES string of the molecule is CC(=O)O.CCOC(=O)C[C@H]1CCCN(CC(C)c2cccc(/C(N)=N/O)c2)C1.Cc1nc(-c2ccc([C@H](O)CN3CCC[C@H](CC(=O)O)C3)cc2)no1. The number of aliphatic carboxylic acids is 2. The number of β-amino-alcohol motifs (C(OH)–C–C–N with tert-alkyl or cyclic N) is 1. The van der Waals surface area contributed by atoms with Crippen molar-refractivity contribution in [3.8, 4) is 11.4 Å². The number of amidine groups is 1. The van der Waals surface area contributed by atoms with E-state index in [1.165, 1.54) is 0 Å². The average molecular weight is 753 g/mol. The normalized spacial score (nSPS) is 18.9. The lowest BCUT2D eigenvalue weighted by atomic mass is 9.92. The largest absolute Gasteiger partial charge is 0.481 e. The lowest BCUT2D eigenvalue weighted by molar-refractivity contribution is -0.144. The molecule has 6 N–H and O–H groups in total. The number of piperidine rings is 2. The second kappa shape index (κ2) is 22.4. The number of aryl methyl sites for hydroxylation is 1. The van der Waals surface area contributed by atoms with Gasteiger partial charge < -0.3 is 45.3 Å². The molecular weight excluding hydrogens is 696 g/mol. The highest BCUT2D eigenvalue weighted by atomic mass is 16.5. The molecule has 15 heteroatoms. The van der Waals surface area contributed by atoms with Gasteiger partial charge in [0, 0.05) is 64.0 Å². The number of benzene rings is 2. The van der Waals surface area contributed by atoms with Crippen molar-refractivity contribution in [2.45, 2.75) is 78.2 Å². The van der Waals surface area contributed by atoms with E-state index >= 15 is 0 Å². The number of oxime groups is 1. The molecular formula is C39H56N6O9. The second-order valence-electron chi connectivity index (χ2n) is 13.9. The molecule has 296 valence electrons. The van der Waals surface area contributed by atoms with Crippen LogP contribution < -0.4 is 5.73 Å². The average Bonchev–Trinajstić information content (AvgIpc) is 3.57. The highest BCUT2D eigenvalue weighted by Crippen LogP contribution is 2.26. The topological polar surface area (TPSA) is 225 Å². The van der Waals surface area contributed by atoms with Crippen molar-refractivity contribution < 1.29 is 44.2 Å². The van der Waals surface area contributed by atoms with Gasteiger partial charge in [0.25, 0.3) is 5.97 Å². The number of carbonyl (C=O) groups excluding carboxylic acids is 1. The highest BCUT2D eigenvalue weighted by Gasteiger charge is 2.25. The third kappa shape index (κ3) is 15.2. The van der Waals surface area contributed by atoms with Gasteiger partial charge in [0.05, 0.1) is 12.7 Å². The molecule has 2 aliphatic rings. The third-order valence-electron chi connectivity index (χ3n) is 9.33. The number of carboxylic acid groups (broad SMARTS) is 2. The van der Waals surface area contributed by atoms with Crippen LogP contribution in [0.25, 0.3) is 11.4 Å². The predicted octanol–water partition coefficient (Wildman–Crippen LogP) is 4.91. The minimum atomic E-state index is -0.833. The summed E-state index contributed by atoms with van der Waals surface area (Å²) in [4.78, 5) is 40.4. The number of likely N-dealkylation sites (tertiary alicyclic amines) is 2. The van der Waals surface area contributed by atoms with Gasteiger partial charge in [-0.15, -0.1) is 0 Å². The van der Waals surface area contributed by atoms with Crippen molar-refractivity contribution in [1.29, 1.82) is 0 Å². The Bertz CT molecular complexity index is 1640. The van der Waals surface area contributed by atoms with Gasteiger partial charge in [-0.25, -0.2) is 0 Å². The first-order valence-corrected chi connectivity index (χ1v) is 18.5. The molecule has 4 atom stereocenters. The van der Waals surface area contributed by atoms with E-state index < -0.39 is 18.0 Å². The number of ether oxygens (including phenoxy) is 1. The first kappa shape index (κ1) is 43.5. The van der Waals surface area contributed by atoms with Crippen LogP contribution in [-0.2, 0) is 19.1 Å². The van der Waals surface area contributed by atoms with E-state index in [1.54, 1.807) is 6.92 Å². The van der Waals surface area contributed by atoms with E-state index in [9.17, 15) is 14.7 Å². The highest BCUT2D eigenvalue weighted by molar-refractivity contribution is 5.97. The number of nitrogens with two attached hydrogens (primary N) is 1. The fourth-order valence-corrected chi connectivity index (χ4v) is 6.85. The van der Waals surface area contributed by atoms with E-state index in [0.717, 1.165) is 87.6 Å². The summed E-state index contributed by atoms with van der Waals surface area (Å²) in [5.74, 6) is 0.375. The van der Waals surface area contributed by atoms with E-state index in [0.29, 0.717) is 43.1 Å². The maximum absolute atomic E-state index is 11.7. The van der Waals surface area contributed by atoms with Crippen molar-refractivity contribution in [3.63, 3.8) is 0 Å². The maximum atomic E-state index is 11.7. The van der Waals surface area contributed by atoms with Gasteiger partial charge in [0.15, 0.2) is 5.84 Å². The number of esters is 1. The molecule has 2 saturated heterocycles. The first-order valence-electron chi connectivity index (χ1n) is 18.5. The molecule has 0 spiro atoms. The molecule has 0 saturated carbocycles.